The molecule has 3 aromatic carbocycles. The van der Waals surface area contributed by atoms with Crippen molar-refractivity contribution in [2.45, 2.75) is 18.7 Å². The van der Waals surface area contributed by atoms with Crippen molar-refractivity contribution in [1.29, 1.82) is 0 Å². The van der Waals surface area contributed by atoms with Crippen LogP contribution >= 0.6 is 34.8 Å². The Hall–Kier alpha value is -2.25. The lowest BCUT2D eigenvalue weighted by molar-refractivity contribution is -0.114. The van der Waals surface area contributed by atoms with E-state index >= 15 is 0 Å². The van der Waals surface area contributed by atoms with Crippen LogP contribution in [-0.4, -0.2) is 20.9 Å². The van der Waals surface area contributed by atoms with Crippen molar-refractivity contribution in [3.8, 4) is 0 Å². The lowest BCUT2D eigenvalue weighted by atomic mass is 10.2. The minimum absolute atomic E-state index is 0.0286. The first-order valence-corrected chi connectivity index (χ1v) is 11.8. The highest BCUT2D eigenvalue weighted by Gasteiger charge is 2.29. The zero-order valence-electron chi connectivity index (χ0n) is 16.7. The average Bonchev–Trinajstić information content (AvgIpc) is 2.72. The number of halogens is 3. The highest BCUT2D eigenvalue weighted by atomic mass is 35.5. The number of sulfonamides is 1. The van der Waals surface area contributed by atoms with Gasteiger partial charge in [-0.05, 0) is 61.9 Å². The fourth-order valence-electron chi connectivity index (χ4n) is 2.88. The molecule has 0 fully saturated rings. The van der Waals surface area contributed by atoms with Crippen molar-refractivity contribution in [2.75, 3.05) is 16.2 Å². The second-order valence-electron chi connectivity index (χ2n) is 6.88. The van der Waals surface area contributed by atoms with Crippen molar-refractivity contribution < 1.29 is 13.2 Å². The number of amides is 1. The summed E-state index contributed by atoms with van der Waals surface area (Å²) in [7, 11) is -4.11. The zero-order chi connectivity index (χ0) is 22.8. The Bertz CT molecular complexity index is 1230. The van der Waals surface area contributed by atoms with Crippen LogP contribution < -0.4 is 9.62 Å². The molecule has 0 heterocycles. The minimum atomic E-state index is -4.11. The van der Waals surface area contributed by atoms with Crippen LogP contribution in [-0.2, 0) is 14.8 Å². The molecule has 3 aromatic rings. The molecule has 1 amide bonds. The smallest absolute Gasteiger partial charge is 0.264 e. The number of nitrogens with zero attached hydrogens (tertiary/aromatic N) is 1. The molecule has 0 bridgehead atoms. The summed E-state index contributed by atoms with van der Waals surface area (Å²) in [6.45, 7) is 3.09. The van der Waals surface area contributed by atoms with Gasteiger partial charge >= 0.3 is 0 Å². The van der Waals surface area contributed by atoms with Crippen LogP contribution in [0.25, 0.3) is 0 Å². The molecule has 9 heteroatoms. The summed E-state index contributed by atoms with van der Waals surface area (Å²) in [6, 6.07) is 15.8. The molecule has 5 nitrogen and oxygen atoms in total. The Balaban J connectivity index is 2.02. The summed E-state index contributed by atoms with van der Waals surface area (Å²) in [5.41, 5.74) is 2.17. The number of nitrogens with one attached hydrogen (secondary N) is 1. The normalized spacial score (nSPS) is 11.3. The van der Waals surface area contributed by atoms with Gasteiger partial charge in [0.2, 0.25) is 5.91 Å². The van der Waals surface area contributed by atoms with Crippen molar-refractivity contribution in [3.63, 3.8) is 0 Å². The van der Waals surface area contributed by atoms with Gasteiger partial charge in [-0.15, -0.1) is 0 Å². The molecule has 1 N–H and O–H groups in total. The summed E-state index contributed by atoms with van der Waals surface area (Å²) < 4.78 is 27.8. The number of benzene rings is 3. The van der Waals surface area contributed by atoms with E-state index < -0.39 is 22.5 Å². The number of hydrogen-bond donors (Lipinski definition) is 1. The summed E-state index contributed by atoms with van der Waals surface area (Å²) in [5.74, 6) is -0.558. The van der Waals surface area contributed by atoms with Gasteiger partial charge in [0.1, 0.15) is 6.54 Å². The summed E-state index contributed by atoms with van der Waals surface area (Å²) in [6.07, 6.45) is 0. The first kappa shape index (κ1) is 23.4. The number of hydrogen-bond acceptors (Lipinski definition) is 3. The number of carbonyl (C=O) groups excluding carboxylic acids is 1. The fourth-order valence-corrected chi connectivity index (χ4v) is 4.92. The minimum Gasteiger partial charge on any atom is -0.324 e. The fraction of sp³-hybridized carbons (Fsp3) is 0.136. The van der Waals surface area contributed by atoms with Gasteiger partial charge in [0.25, 0.3) is 10.0 Å². The van der Waals surface area contributed by atoms with Gasteiger partial charge in [-0.1, -0.05) is 58.6 Å². The van der Waals surface area contributed by atoms with Gasteiger partial charge in [-0.3, -0.25) is 9.10 Å². The van der Waals surface area contributed by atoms with E-state index in [0.29, 0.717) is 16.3 Å². The van der Waals surface area contributed by atoms with E-state index in [9.17, 15) is 13.2 Å². The van der Waals surface area contributed by atoms with Crippen LogP contribution in [0.3, 0.4) is 0 Å². The summed E-state index contributed by atoms with van der Waals surface area (Å²) in [5, 5.41) is 3.63. The van der Waals surface area contributed by atoms with E-state index in [0.717, 1.165) is 9.87 Å². The maximum atomic E-state index is 13.4. The molecular formula is C22H19Cl3N2O3S. The van der Waals surface area contributed by atoms with Gasteiger partial charge in [-0.25, -0.2) is 8.42 Å². The van der Waals surface area contributed by atoms with E-state index in [4.69, 9.17) is 34.8 Å². The number of aryl methyl sites for hydroxylation is 1. The second-order valence-corrected chi connectivity index (χ2v) is 9.99. The standard InChI is InChI=1S/C22H19Cl3N2O3S/c1-14-6-9-17(10-7-14)31(29,30)27(21-12-16(23)8-11-19(21)25)13-22(28)26-20-5-3-4-18(24)15(20)2/h3-12H,13H2,1-2H3,(H,26,28). The third kappa shape index (κ3) is 5.33. The molecule has 162 valence electrons. The number of rotatable bonds is 6. The van der Waals surface area contributed by atoms with Crippen LogP contribution in [0.4, 0.5) is 11.4 Å². The van der Waals surface area contributed by atoms with Gasteiger partial charge in [0, 0.05) is 15.7 Å². The SMILES string of the molecule is Cc1ccc(S(=O)(=O)N(CC(=O)Nc2cccc(Cl)c2C)c2cc(Cl)ccc2Cl)cc1. The Morgan fingerprint density at radius 2 is 1.61 bits per heavy atom. The second kappa shape index (κ2) is 9.49. The Morgan fingerprint density at radius 1 is 0.935 bits per heavy atom. The van der Waals surface area contributed by atoms with Crippen LogP contribution in [0.5, 0.6) is 0 Å². The van der Waals surface area contributed by atoms with Crippen LogP contribution in [0.15, 0.2) is 65.6 Å². The van der Waals surface area contributed by atoms with E-state index in [-0.39, 0.29) is 20.6 Å². The largest absolute Gasteiger partial charge is 0.324 e. The first-order valence-electron chi connectivity index (χ1n) is 9.19. The Morgan fingerprint density at radius 3 is 2.29 bits per heavy atom. The number of carbonyl (C=O) groups is 1. The average molecular weight is 498 g/mol. The first-order chi connectivity index (χ1) is 14.6. The van der Waals surface area contributed by atoms with Crippen molar-refractivity contribution >= 4 is 62.1 Å². The molecule has 0 saturated heterocycles. The highest BCUT2D eigenvalue weighted by Crippen LogP contribution is 2.33. The quantitative estimate of drug-likeness (QED) is 0.447. The molecule has 0 atom stereocenters. The number of anilines is 2. The molecule has 3 rings (SSSR count). The topological polar surface area (TPSA) is 66.5 Å². The molecule has 0 aliphatic heterocycles. The maximum absolute atomic E-state index is 13.4. The predicted molar refractivity (Wildman–Crippen MR) is 127 cm³/mol. The molecule has 0 unspecified atom stereocenters. The zero-order valence-corrected chi connectivity index (χ0v) is 19.8. The predicted octanol–water partition coefficient (Wildman–Crippen LogP) is 6.10. The van der Waals surface area contributed by atoms with Crippen molar-refractivity contribution in [2.24, 2.45) is 0 Å². The van der Waals surface area contributed by atoms with Crippen LogP contribution in [0.2, 0.25) is 15.1 Å². The Kier molecular flexibility index (Phi) is 7.17. The summed E-state index contributed by atoms with van der Waals surface area (Å²) in [4.78, 5) is 12.9. The van der Waals surface area contributed by atoms with E-state index in [2.05, 4.69) is 5.32 Å². The molecule has 0 aliphatic rings. The molecule has 0 radical (unpaired) electrons. The van der Waals surface area contributed by atoms with E-state index in [1.54, 1.807) is 43.3 Å². The van der Waals surface area contributed by atoms with Gasteiger partial charge in [0.05, 0.1) is 15.6 Å². The van der Waals surface area contributed by atoms with Crippen LogP contribution in [0, 0.1) is 13.8 Å². The highest BCUT2D eigenvalue weighted by molar-refractivity contribution is 7.92. The molecule has 0 aromatic heterocycles. The Labute approximate surface area is 196 Å². The third-order valence-electron chi connectivity index (χ3n) is 4.61. The van der Waals surface area contributed by atoms with Crippen molar-refractivity contribution in [1.82, 2.24) is 0 Å². The van der Waals surface area contributed by atoms with E-state index in [1.807, 2.05) is 6.92 Å². The third-order valence-corrected chi connectivity index (χ3v) is 7.35. The molecule has 0 saturated carbocycles. The van der Waals surface area contributed by atoms with Crippen molar-refractivity contribution in [3.05, 3.63) is 86.9 Å². The molecular weight excluding hydrogens is 479 g/mol. The molecule has 0 aliphatic carbocycles. The summed E-state index contributed by atoms with van der Waals surface area (Å²) >= 11 is 18.5. The molecule has 0 spiro atoms. The maximum Gasteiger partial charge on any atom is 0.264 e. The van der Waals surface area contributed by atoms with Gasteiger partial charge in [-0.2, -0.15) is 0 Å². The lowest BCUT2D eigenvalue weighted by Gasteiger charge is -2.25. The lowest BCUT2D eigenvalue weighted by Crippen LogP contribution is -2.38. The monoisotopic (exact) mass is 496 g/mol. The van der Waals surface area contributed by atoms with Crippen LogP contribution in [0.1, 0.15) is 11.1 Å². The van der Waals surface area contributed by atoms with Gasteiger partial charge < -0.3 is 5.32 Å². The van der Waals surface area contributed by atoms with Gasteiger partial charge in [0.15, 0.2) is 0 Å². The van der Waals surface area contributed by atoms with E-state index in [1.165, 1.54) is 24.3 Å². The molecule has 31 heavy (non-hydrogen) atoms.